The molecule has 0 amide bonds. The lowest BCUT2D eigenvalue weighted by Gasteiger charge is -2.36. The zero-order chi connectivity index (χ0) is 22.4. The molecule has 1 aliphatic rings. The molecule has 1 saturated heterocycles. The van der Waals surface area contributed by atoms with Gasteiger partial charge in [-0.2, -0.15) is 13.2 Å². The Kier molecular flexibility index (Phi) is 6.95. The molecule has 4 nitrogen and oxygen atoms in total. The van der Waals surface area contributed by atoms with Crippen LogP contribution in [0.25, 0.3) is 0 Å². The minimum absolute atomic E-state index is 0.234. The van der Waals surface area contributed by atoms with Gasteiger partial charge in [-0.05, 0) is 42.0 Å². The van der Waals surface area contributed by atoms with E-state index in [1.807, 2.05) is 54.7 Å². The van der Waals surface area contributed by atoms with Gasteiger partial charge < -0.3 is 9.64 Å². The van der Waals surface area contributed by atoms with E-state index in [0.717, 1.165) is 62.7 Å². The Bertz CT molecular complexity index is 957. The highest BCUT2D eigenvalue weighted by Gasteiger charge is 2.30. The Morgan fingerprint density at radius 3 is 2.16 bits per heavy atom. The Hall–Kier alpha value is -3.06. The number of piperazine rings is 1. The molecule has 1 fully saturated rings. The minimum Gasteiger partial charge on any atom is -0.486 e. The maximum absolute atomic E-state index is 12.9. The largest absolute Gasteiger partial charge is 0.486 e. The average Bonchev–Trinajstić information content (AvgIpc) is 2.83. The SMILES string of the molecule is FC(F)(F)c1ccc(OC(CCN2CCN(c3ccccn3)CC2)c2ccccc2)cc1. The summed E-state index contributed by atoms with van der Waals surface area (Å²) in [7, 11) is 0. The lowest BCUT2D eigenvalue weighted by molar-refractivity contribution is -0.137. The van der Waals surface area contributed by atoms with Crippen LogP contribution in [-0.4, -0.2) is 42.6 Å². The highest BCUT2D eigenvalue weighted by atomic mass is 19.4. The van der Waals surface area contributed by atoms with Gasteiger partial charge in [-0.25, -0.2) is 4.98 Å². The molecule has 1 aliphatic heterocycles. The lowest BCUT2D eigenvalue weighted by Crippen LogP contribution is -2.47. The molecule has 4 rings (SSSR count). The predicted molar refractivity (Wildman–Crippen MR) is 119 cm³/mol. The van der Waals surface area contributed by atoms with Crippen molar-refractivity contribution in [1.82, 2.24) is 9.88 Å². The van der Waals surface area contributed by atoms with Crippen LogP contribution >= 0.6 is 0 Å². The molecule has 0 saturated carbocycles. The van der Waals surface area contributed by atoms with Crippen molar-refractivity contribution < 1.29 is 17.9 Å². The van der Waals surface area contributed by atoms with Gasteiger partial charge in [0.15, 0.2) is 0 Å². The van der Waals surface area contributed by atoms with Crippen molar-refractivity contribution in [2.24, 2.45) is 0 Å². The van der Waals surface area contributed by atoms with Gasteiger partial charge in [-0.3, -0.25) is 4.90 Å². The molecule has 2 heterocycles. The molecule has 168 valence electrons. The summed E-state index contributed by atoms with van der Waals surface area (Å²) in [6, 6.07) is 20.7. The standard InChI is InChI=1S/C25H26F3N3O/c26-25(27,28)21-9-11-22(12-10-21)32-23(20-6-2-1-3-7-20)13-15-30-16-18-31(19-17-30)24-8-4-5-14-29-24/h1-12,14,23H,13,15-19H2. The highest BCUT2D eigenvalue weighted by Crippen LogP contribution is 2.32. The number of alkyl halides is 3. The molecule has 3 aromatic rings. The van der Waals surface area contributed by atoms with Gasteiger partial charge in [0.05, 0.1) is 5.56 Å². The van der Waals surface area contributed by atoms with Crippen LogP contribution < -0.4 is 9.64 Å². The molecule has 0 bridgehead atoms. The molecule has 2 aromatic carbocycles. The van der Waals surface area contributed by atoms with E-state index in [-0.39, 0.29) is 6.10 Å². The van der Waals surface area contributed by atoms with Crippen LogP contribution in [0, 0.1) is 0 Å². The fraction of sp³-hybridized carbons (Fsp3) is 0.320. The Morgan fingerprint density at radius 1 is 0.844 bits per heavy atom. The van der Waals surface area contributed by atoms with Gasteiger partial charge in [-0.1, -0.05) is 36.4 Å². The van der Waals surface area contributed by atoms with Crippen LogP contribution in [0.15, 0.2) is 79.0 Å². The van der Waals surface area contributed by atoms with E-state index in [4.69, 9.17) is 4.74 Å². The van der Waals surface area contributed by atoms with Crippen LogP contribution in [0.5, 0.6) is 5.75 Å². The summed E-state index contributed by atoms with van der Waals surface area (Å²) >= 11 is 0. The second-order valence-electron chi connectivity index (χ2n) is 7.84. The minimum atomic E-state index is -4.35. The summed E-state index contributed by atoms with van der Waals surface area (Å²) in [5, 5.41) is 0. The van der Waals surface area contributed by atoms with Crippen molar-refractivity contribution in [2.45, 2.75) is 18.7 Å². The Labute approximate surface area is 186 Å². The average molecular weight is 441 g/mol. The third kappa shape index (κ3) is 5.79. The van der Waals surface area contributed by atoms with Crippen molar-refractivity contribution in [3.8, 4) is 5.75 Å². The van der Waals surface area contributed by atoms with Crippen molar-refractivity contribution in [3.05, 3.63) is 90.1 Å². The maximum Gasteiger partial charge on any atom is 0.416 e. The number of benzene rings is 2. The number of hydrogen-bond acceptors (Lipinski definition) is 4. The second kappa shape index (κ2) is 10.0. The molecule has 0 spiro atoms. The number of rotatable bonds is 7. The number of hydrogen-bond donors (Lipinski definition) is 0. The molecule has 1 aromatic heterocycles. The molecule has 32 heavy (non-hydrogen) atoms. The smallest absolute Gasteiger partial charge is 0.416 e. The van der Waals surface area contributed by atoms with Crippen LogP contribution in [0.3, 0.4) is 0 Å². The van der Waals surface area contributed by atoms with E-state index in [9.17, 15) is 13.2 Å². The van der Waals surface area contributed by atoms with E-state index >= 15 is 0 Å². The normalized spacial score (nSPS) is 16.0. The van der Waals surface area contributed by atoms with Gasteiger partial charge in [0.2, 0.25) is 0 Å². The number of anilines is 1. The van der Waals surface area contributed by atoms with Gasteiger partial charge in [0.25, 0.3) is 0 Å². The summed E-state index contributed by atoms with van der Waals surface area (Å²) in [5.41, 5.74) is 0.339. The third-order valence-corrected chi connectivity index (χ3v) is 5.68. The van der Waals surface area contributed by atoms with Gasteiger partial charge in [-0.15, -0.1) is 0 Å². The number of halogens is 3. The molecule has 0 radical (unpaired) electrons. The first-order chi connectivity index (χ1) is 15.5. The number of nitrogens with zero attached hydrogens (tertiary/aromatic N) is 3. The zero-order valence-electron chi connectivity index (χ0n) is 17.7. The summed E-state index contributed by atoms with van der Waals surface area (Å²) in [5.74, 6) is 1.44. The van der Waals surface area contributed by atoms with Gasteiger partial charge >= 0.3 is 6.18 Å². The fourth-order valence-corrected chi connectivity index (χ4v) is 3.89. The third-order valence-electron chi connectivity index (χ3n) is 5.68. The van der Waals surface area contributed by atoms with Crippen molar-refractivity contribution in [1.29, 1.82) is 0 Å². The predicted octanol–water partition coefficient (Wildman–Crippen LogP) is 5.43. The molecule has 0 aliphatic carbocycles. The molecule has 7 heteroatoms. The first-order valence-corrected chi connectivity index (χ1v) is 10.8. The molecule has 1 unspecified atom stereocenters. The topological polar surface area (TPSA) is 28.6 Å². The quantitative estimate of drug-likeness (QED) is 0.489. The maximum atomic E-state index is 12.9. The first kappa shape index (κ1) is 22.1. The van der Waals surface area contributed by atoms with Crippen LogP contribution in [0.1, 0.15) is 23.7 Å². The van der Waals surface area contributed by atoms with Crippen molar-refractivity contribution >= 4 is 5.82 Å². The van der Waals surface area contributed by atoms with Crippen molar-refractivity contribution in [2.75, 3.05) is 37.6 Å². The van der Waals surface area contributed by atoms with E-state index < -0.39 is 11.7 Å². The summed E-state index contributed by atoms with van der Waals surface area (Å²) in [4.78, 5) is 9.10. The lowest BCUT2D eigenvalue weighted by atomic mass is 10.1. The molecular weight excluding hydrogens is 415 g/mol. The summed E-state index contributed by atoms with van der Waals surface area (Å²) in [6.07, 6.45) is -2.03. The Morgan fingerprint density at radius 2 is 1.53 bits per heavy atom. The number of pyridine rings is 1. The Balaban J connectivity index is 1.37. The van der Waals surface area contributed by atoms with E-state index in [1.165, 1.54) is 12.1 Å². The fourth-order valence-electron chi connectivity index (χ4n) is 3.89. The summed E-state index contributed by atoms with van der Waals surface area (Å²) < 4.78 is 44.7. The van der Waals surface area contributed by atoms with E-state index in [0.29, 0.717) is 5.75 Å². The molecular formula is C25H26F3N3O. The molecule has 1 atom stereocenters. The second-order valence-corrected chi connectivity index (χ2v) is 7.84. The van der Waals surface area contributed by atoms with Gasteiger partial charge in [0.1, 0.15) is 17.7 Å². The van der Waals surface area contributed by atoms with Crippen molar-refractivity contribution in [3.63, 3.8) is 0 Å². The highest BCUT2D eigenvalue weighted by molar-refractivity contribution is 5.38. The zero-order valence-corrected chi connectivity index (χ0v) is 17.7. The summed E-state index contributed by atoms with van der Waals surface area (Å²) in [6.45, 7) is 4.52. The van der Waals surface area contributed by atoms with Crippen LogP contribution in [0.2, 0.25) is 0 Å². The van der Waals surface area contributed by atoms with Gasteiger partial charge in [0, 0.05) is 45.3 Å². The van der Waals surface area contributed by atoms with Crippen LogP contribution in [0.4, 0.5) is 19.0 Å². The number of ether oxygens (including phenoxy) is 1. The number of aromatic nitrogens is 1. The van der Waals surface area contributed by atoms with E-state index in [2.05, 4.69) is 14.8 Å². The van der Waals surface area contributed by atoms with Crippen LogP contribution in [-0.2, 0) is 6.18 Å². The first-order valence-electron chi connectivity index (χ1n) is 10.8. The van der Waals surface area contributed by atoms with E-state index in [1.54, 1.807) is 0 Å². The molecule has 0 N–H and O–H groups in total. The monoisotopic (exact) mass is 441 g/mol.